The van der Waals surface area contributed by atoms with Crippen molar-refractivity contribution in [3.8, 4) is 0 Å². The number of benzene rings is 1. The van der Waals surface area contributed by atoms with Crippen LogP contribution in [-0.2, 0) is 12.7 Å². The first-order valence-electron chi connectivity index (χ1n) is 10.9. The van der Waals surface area contributed by atoms with Gasteiger partial charge in [-0.1, -0.05) is 29.3 Å². The van der Waals surface area contributed by atoms with Crippen LogP contribution >= 0.6 is 23.2 Å². The fraction of sp³-hybridized carbons (Fsp3) is 0.545. The van der Waals surface area contributed by atoms with E-state index in [0.717, 1.165) is 32.1 Å². The van der Waals surface area contributed by atoms with Crippen molar-refractivity contribution >= 4 is 35.0 Å². The monoisotopic (exact) mass is 503 g/mol. The fourth-order valence-corrected chi connectivity index (χ4v) is 4.98. The molecule has 2 fully saturated rings. The summed E-state index contributed by atoms with van der Waals surface area (Å²) >= 11 is 12.0. The summed E-state index contributed by atoms with van der Waals surface area (Å²) < 4.78 is 40.6. The summed E-state index contributed by atoms with van der Waals surface area (Å²) in [6.07, 6.45) is -1.52. The van der Waals surface area contributed by atoms with E-state index < -0.39 is 11.7 Å². The minimum Gasteiger partial charge on any atom is -0.395 e. The normalized spacial score (nSPS) is 20.1. The van der Waals surface area contributed by atoms with Gasteiger partial charge in [0.1, 0.15) is 11.4 Å². The van der Waals surface area contributed by atoms with Gasteiger partial charge in [-0.15, -0.1) is 0 Å². The summed E-state index contributed by atoms with van der Waals surface area (Å²) in [5.41, 5.74) is -0.302. The topological polar surface area (TPSA) is 64.5 Å². The molecule has 2 saturated heterocycles. The Morgan fingerprint density at radius 3 is 2.64 bits per heavy atom. The van der Waals surface area contributed by atoms with E-state index in [1.807, 2.05) is 4.90 Å². The number of nitrogens with one attached hydrogen (secondary N) is 1. The van der Waals surface area contributed by atoms with Crippen LogP contribution in [0.1, 0.15) is 24.0 Å². The number of piperidine rings is 1. The molecule has 2 aliphatic heterocycles. The minimum absolute atomic E-state index is 0.0704. The number of nitrogens with zero attached hydrogens (tertiary/aromatic N) is 4. The molecule has 3 heterocycles. The average Bonchev–Trinajstić information content (AvgIpc) is 2.72. The standard InChI is InChI=1S/C22H26Cl2F3N5O/c23-17-4-3-14(19(24)8-17)9-28-20-18(22(25,26)27)10-29-21(30-20)32-12-16(13-32)15-2-1-5-31(11-15)6-7-33/h3-4,8,10,15-16,33H,1-2,5-7,9,11-13H2,(H,28,29,30). The maximum Gasteiger partial charge on any atom is 0.421 e. The van der Waals surface area contributed by atoms with E-state index >= 15 is 0 Å². The van der Waals surface area contributed by atoms with Crippen LogP contribution in [0.25, 0.3) is 0 Å². The van der Waals surface area contributed by atoms with Crippen LogP contribution in [-0.4, -0.2) is 59.3 Å². The Morgan fingerprint density at radius 1 is 1.15 bits per heavy atom. The predicted molar refractivity (Wildman–Crippen MR) is 123 cm³/mol. The Hall–Kier alpha value is -1.81. The molecule has 2 aromatic rings. The number of aliphatic hydroxyl groups is 1. The van der Waals surface area contributed by atoms with E-state index in [0.29, 0.717) is 47.1 Å². The first kappa shape index (κ1) is 24.3. The molecule has 0 saturated carbocycles. The highest BCUT2D eigenvalue weighted by Crippen LogP contribution is 2.37. The molecule has 1 unspecified atom stereocenters. The lowest BCUT2D eigenvalue weighted by Gasteiger charge is -2.46. The third-order valence-electron chi connectivity index (χ3n) is 6.36. The van der Waals surface area contributed by atoms with Gasteiger partial charge in [-0.3, -0.25) is 0 Å². The number of aromatic nitrogens is 2. The van der Waals surface area contributed by atoms with Crippen molar-refractivity contribution in [1.82, 2.24) is 14.9 Å². The highest BCUT2D eigenvalue weighted by Gasteiger charge is 2.39. The van der Waals surface area contributed by atoms with Crippen molar-refractivity contribution in [2.75, 3.05) is 49.5 Å². The first-order valence-corrected chi connectivity index (χ1v) is 11.7. The zero-order valence-corrected chi connectivity index (χ0v) is 19.5. The molecule has 1 atom stereocenters. The van der Waals surface area contributed by atoms with Gasteiger partial charge in [0.25, 0.3) is 0 Å². The third-order valence-corrected chi connectivity index (χ3v) is 6.95. The molecule has 0 spiro atoms. The fourth-order valence-electron chi connectivity index (χ4n) is 4.51. The highest BCUT2D eigenvalue weighted by molar-refractivity contribution is 6.35. The zero-order valence-electron chi connectivity index (χ0n) is 18.0. The number of halogens is 5. The summed E-state index contributed by atoms with van der Waals surface area (Å²) in [5.74, 6) is 0.975. The van der Waals surface area contributed by atoms with Gasteiger partial charge in [0, 0.05) is 49.0 Å². The van der Waals surface area contributed by atoms with Gasteiger partial charge >= 0.3 is 6.18 Å². The second-order valence-electron chi connectivity index (χ2n) is 8.61. The quantitative estimate of drug-likeness (QED) is 0.577. The van der Waals surface area contributed by atoms with E-state index in [-0.39, 0.29) is 24.9 Å². The Bertz CT molecular complexity index is 970. The molecule has 0 amide bonds. The summed E-state index contributed by atoms with van der Waals surface area (Å²) in [6.45, 7) is 4.28. The van der Waals surface area contributed by atoms with Gasteiger partial charge in [-0.2, -0.15) is 18.2 Å². The number of β-amino-alcohol motifs (C(OH)–C–C–N with tert-alkyl or cyclic N) is 1. The molecular weight excluding hydrogens is 478 g/mol. The van der Waals surface area contributed by atoms with Gasteiger partial charge in [0.15, 0.2) is 0 Å². The smallest absolute Gasteiger partial charge is 0.395 e. The Balaban J connectivity index is 1.44. The molecule has 1 aromatic carbocycles. The molecule has 4 rings (SSSR count). The molecule has 6 nitrogen and oxygen atoms in total. The van der Waals surface area contributed by atoms with E-state index in [1.54, 1.807) is 18.2 Å². The van der Waals surface area contributed by atoms with Gasteiger partial charge in [0.05, 0.1) is 6.61 Å². The number of likely N-dealkylation sites (tertiary alicyclic amines) is 1. The molecule has 180 valence electrons. The number of alkyl halides is 3. The summed E-state index contributed by atoms with van der Waals surface area (Å²) in [4.78, 5) is 12.4. The summed E-state index contributed by atoms with van der Waals surface area (Å²) in [7, 11) is 0. The molecule has 0 radical (unpaired) electrons. The van der Waals surface area contributed by atoms with Crippen LogP contribution in [0, 0.1) is 11.8 Å². The van der Waals surface area contributed by atoms with Gasteiger partial charge < -0.3 is 20.2 Å². The molecular formula is C22H26Cl2F3N5O. The first-order chi connectivity index (χ1) is 15.7. The van der Waals surface area contributed by atoms with Crippen LogP contribution < -0.4 is 10.2 Å². The molecule has 11 heteroatoms. The van der Waals surface area contributed by atoms with E-state index in [9.17, 15) is 18.3 Å². The largest absolute Gasteiger partial charge is 0.421 e. The number of hydrogen-bond acceptors (Lipinski definition) is 6. The Kier molecular flexibility index (Phi) is 7.53. The molecule has 33 heavy (non-hydrogen) atoms. The maximum atomic E-state index is 13.5. The highest BCUT2D eigenvalue weighted by atomic mass is 35.5. The second-order valence-corrected chi connectivity index (χ2v) is 9.45. The molecule has 0 bridgehead atoms. The lowest BCUT2D eigenvalue weighted by atomic mass is 9.81. The summed E-state index contributed by atoms with van der Waals surface area (Å²) in [5, 5.41) is 12.8. The van der Waals surface area contributed by atoms with Crippen LogP contribution in [0.15, 0.2) is 24.4 Å². The molecule has 0 aliphatic carbocycles. The van der Waals surface area contributed by atoms with Crippen LogP contribution in [0.3, 0.4) is 0 Å². The summed E-state index contributed by atoms with van der Waals surface area (Å²) in [6, 6.07) is 4.84. The number of hydrogen-bond donors (Lipinski definition) is 2. The van der Waals surface area contributed by atoms with Crippen molar-refractivity contribution in [1.29, 1.82) is 0 Å². The van der Waals surface area contributed by atoms with Crippen molar-refractivity contribution < 1.29 is 18.3 Å². The SMILES string of the molecule is OCCN1CCCC(C2CN(c3ncc(C(F)(F)F)c(NCc4ccc(Cl)cc4Cl)n3)C2)C1. The Morgan fingerprint density at radius 2 is 1.94 bits per heavy atom. The van der Waals surface area contributed by atoms with Crippen molar-refractivity contribution in [3.05, 3.63) is 45.6 Å². The number of anilines is 2. The van der Waals surface area contributed by atoms with Gasteiger partial charge in [-0.05, 0) is 48.9 Å². The second kappa shape index (κ2) is 10.2. The third kappa shape index (κ3) is 5.82. The average molecular weight is 504 g/mol. The minimum atomic E-state index is -4.58. The van der Waals surface area contributed by atoms with Crippen LogP contribution in [0.4, 0.5) is 24.9 Å². The molecule has 2 N–H and O–H groups in total. The van der Waals surface area contributed by atoms with E-state index in [4.69, 9.17) is 23.2 Å². The number of aliphatic hydroxyl groups excluding tert-OH is 1. The molecule has 1 aromatic heterocycles. The molecule has 2 aliphatic rings. The van der Waals surface area contributed by atoms with Crippen LogP contribution in [0.5, 0.6) is 0 Å². The van der Waals surface area contributed by atoms with Crippen molar-refractivity contribution in [2.24, 2.45) is 11.8 Å². The van der Waals surface area contributed by atoms with Crippen LogP contribution in [0.2, 0.25) is 10.0 Å². The number of rotatable bonds is 7. The van der Waals surface area contributed by atoms with Crippen molar-refractivity contribution in [3.63, 3.8) is 0 Å². The van der Waals surface area contributed by atoms with E-state index in [1.165, 1.54) is 0 Å². The Labute approximate surface area is 200 Å². The predicted octanol–water partition coefficient (Wildman–Crippen LogP) is 4.55. The van der Waals surface area contributed by atoms with Gasteiger partial charge in [0.2, 0.25) is 5.95 Å². The van der Waals surface area contributed by atoms with Gasteiger partial charge in [-0.25, -0.2) is 4.98 Å². The van der Waals surface area contributed by atoms with Crippen molar-refractivity contribution in [2.45, 2.75) is 25.6 Å². The van der Waals surface area contributed by atoms with E-state index in [2.05, 4.69) is 20.2 Å². The zero-order chi connectivity index (χ0) is 23.6. The lowest BCUT2D eigenvalue weighted by molar-refractivity contribution is -0.137. The maximum absolute atomic E-state index is 13.5. The lowest BCUT2D eigenvalue weighted by Crippen LogP contribution is -2.54.